The van der Waals surface area contributed by atoms with Crippen molar-refractivity contribution in [3.05, 3.63) is 11.8 Å². The van der Waals surface area contributed by atoms with E-state index < -0.39 is 0 Å². The number of nitrogens with one attached hydrogen (secondary N) is 2. The summed E-state index contributed by atoms with van der Waals surface area (Å²) in [4.78, 5) is 13.2. The van der Waals surface area contributed by atoms with E-state index in [-0.39, 0.29) is 5.78 Å². The van der Waals surface area contributed by atoms with Gasteiger partial charge in [0.25, 0.3) is 0 Å². The van der Waals surface area contributed by atoms with E-state index in [4.69, 9.17) is 0 Å². The van der Waals surface area contributed by atoms with Gasteiger partial charge in [-0.2, -0.15) is 0 Å². The molecule has 0 aromatic rings. The first-order valence-corrected chi connectivity index (χ1v) is 5.54. The second kappa shape index (κ2) is 6.58. The fraction of sp³-hybridized carbons (Fsp3) is 0.727. The zero-order chi connectivity index (χ0) is 11.1. The van der Waals surface area contributed by atoms with Crippen LogP contribution in [0.15, 0.2) is 11.8 Å². The van der Waals surface area contributed by atoms with Gasteiger partial charge in [0.15, 0.2) is 5.78 Å². The molecule has 0 aromatic carbocycles. The lowest BCUT2D eigenvalue weighted by atomic mass is 10.3. The second-order valence-electron chi connectivity index (χ2n) is 3.96. The number of nitrogens with zero attached hydrogens (tertiary/aromatic N) is 1. The molecule has 0 unspecified atom stereocenters. The molecular weight excluding hydrogens is 190 g/mol. The molecule has 2 N–H and O–H groups in total. The summed E-state index contributed by atoms with van der Waals surface area (Å²) >= 11 is 0. The average Bonchev–Trinajstić information content (AvgIpc) is 2.18. The van der Waals surface area contributed by atoms with Crippen LogP contribution in [0.3, 0.4) is 0 Å². The number of hydrogen-bond acceptors (Lipinski definition) is 4. The highest BCUT2D eigenvalue weighted by atomic mass is 16.1. The average molecular weight is 211 g/mol. The highest BCUT2D eigenvalue weighted by Crippen LogP contribution is 1.92. The first-order chi connectivity index (χ1) is 7.18. The smallest absolute Gasteiger partial charge is 0.154 e. The summed E-state index contributed by atoms with van der Waals surface area (Å²) in [5.41, 5.74) is 0.956. The number of hydrogen-bond donors (Lipinski definition) is 2. The van der Waals surface area contributed by atoms with E-state index in [0.29, 0.717) is 0 Å². The molecule has 1 aliphatic rings. The van der Waals surface area contributed by atoms with E-state index in [2.05, 4.69) is 15.5 Å². The molecular formula is C11H21N3O. The Hall–Kier alpha value is -0.870. The van der Waals surface area contributed by atoms with Crippen LogP contribution in [-0.4, -0.2) is 50.0 Å². The van der Waals surface area contributed by atoms with Gasteiger partial charge in [-0.05, 0) is 19.9 Å². The molecule has 0 atom stereocenters. The Labute approximate surface area is 91.7 Å². The molecule has 0 saturated carbocycles. The molecule has 4 nitrogen and oxygen atoms in total. The summed E-state index contributed by atoms with van der Waals surface area (Å²) in [6, 6.07) is 0. The molecule has 0 amide bonds. The molecule has 15 heavy (non-hydrogen) atoms. The number of carbonyl (C=O) groups excluding carboxylic acids is 1. The van der Waals surface area contributed by atoms with Gasteiger partial charge in [0.05, 0.1) is 0 Å². The summed E-state index contributed by atoms with van der Waals surface area (Å²) in [6.07, 6.45) is 1.64. The number of allylic oxidation sites excluding steroid dienone is 2. The van der Waals surface area contributed by atoms with Crippen LogP contribution in [0, 0.1) is 0 Å². The molecule has 1 rings (SSSR count). The monoisotopic (exact) mass is 211 g/mol. The Morgan fingerprint density at radius 3 is 2.67 bits per heavy atom. The number of carbonyl (C=O) groups is 1. The van der Waals surface area contributed by atoms with Crippen molar-refractivity contribution in [2.24, 2.45) is 0 Å². The molecule has 0 aliphatic carbocycles. The molecule has 0 aromatic heterocycles. The summed E-state index contributed by atoms with van der Waals surface area (Å²) in [5.74, 6) is 0.0992. The Morgan fingerprint density at radius 2 is 2.07 bits per heavy atom. The van der Waals surface area contributed by atoms with Crippen molar-refractivity contribution < 1.29 is 4.79 Å². The number of ketones is 1. The van der Waals surface area contributed by atoms with Crippen LogP contribution in [0.5, 0.6) is 0 Å². The van der Waals surface area contributed by atoms with Crippen LogP contribution >= 0.6 is 0 Å². The van der Waals surface area contributed by atoms with Crippen molar-refractivity contribution in [1.82, 2.24) is 15.5 Å². The van der Waals surface area contributed by atoms with Crippen molar-refractivity contribution in [2.45, 2.75) is 13.8 Å². The first kappa shape index (κ1) is 12.2. The molecule has 0 bridgehead atoms. The van der Waals surface area contributed by atoms with Crippen molar-refractivity contribution in [3.63, 3.8) is 0 Å². The van der Waals surface area contributed by atoms with Crippen LogP contribution in [0.1, 0.15) is 13.8 Å². The van der Waals surface area contributed by atoms with Gasteiger partial charge in [0.2, 0.25) is 0 Å². The van der Waals surface area contributed by atoms with E-state index in [9.17, 15) is 4.79 Å². The molecule has 86 valence electrons. The maximum absolute atomic E-state index is 10.8. The highest BCUT2D eigenvalue weighted by Gasteiger charge is 2.07. The van der Waals surface area contributed by atoms with Gasteiger partial charge in [0.1, 0.15) is 0 Å². The summed E-state index contributed by atoms with van der Waals surface area (Å²) < 4.78 is 0. The Bertz CT molecular complexity index is 232. The van der Waals surface area contributed by atoms with Crippen LogP contribution in [0.2, 0.25) is 0 Å². The predicted octanol–water partition coefficient (Wildman–Crippen LogP) is -0.0260. The lowest BCUT2D eigenvalue weighted by Crippen LogP contribution is -2.45. The summed E-state index contributed by atoms with van der Waals surface area (Å²) in [6.45, 7) is 9.87. The fourth-order valence-corrected chi connectivity index (χ4v) is 1.70. The lowest BCUT2D eigenvalue weighted by Gasteiger charge is -2.27. The third-order valence-corrected chi connectivity index (χ3v) is 2.46. The van der Waals surface area contributed by atoms with E-state index in [1.54, 1.807) is 13.0 Å². The zero-order valence-corrected chi connectivity index (χ0v) is 9.68. The Morgan fingerprint density at radius 1 is 1.40 bits per heavy atom. The highest BCUT2D eigenvalue weighted by molar-refractivity contribution is 5.87. The van der Waals surface area contributed by atoms with Crippen molar-refractivity contribution in [3.8, 4) is 0 Å². The zero-order valence-electron chi connectivity index (χ0n) is 9.68. The molecule has 1 aliphatic heterocycles. The van der Waals surface area contributed by atoms with Gasteiger partial charge >= 0.3 is 0 Å². The summed E-state index contributed by atoms with van der Waals surface area (Å²) in [7, 11) is 0. The van der Waals surface area contributed by atoms with Crippen LogP contribution in [0.25, 0.3) is 0 Å². The van der Waals surface area contributed by atoms with Crippen molar-refractivity contribution >= 4 is 5.78 Å². The molecule has 1 fully saturated rings. The lowest BCUT2D eigenvalue weighted by molar-refractivity contribution is -0.112. The van der Waals surface area contributed by atoms with Gasteiger partial charge in [-0.1, -0.05) is 0 Å². The largest absolute Gasteiger partial charge is 0.387 e. The maximum atomic E-state index is 10.8. The van der Waals surface area contributed by atoms with E-state index in [1.807, 2.05) is 6.92 Å². The van der Waals surface area contributed by atoms with Gasteiger partial charge in [-0.3, -0.25) is 9.69 Å². The van der Waals surface area contributed by atoms with Crippen molar-refractivity contribution in [1.29, 1.82) is 0 Å². The van der Waals surface area contributed by atoms with Gasteiger partial charge < -0.3 is 10.6 Å². The van der Waals surface area contributed by atoms with Crippen molar-refractivity contribution in [2.75, 3.05) is 39.3 Å². The molecule has 1 saturated heterocycles. The van der Waals surface area contributed by atoms with E-state index in [0.717, 1.165) is 45.0 Å². The Balaban J connectivity index is 2.12. The van der Waals surface area contributed by atoms with Crippen LogP contribution in [0.4, 0.5) is 0 Å². The normalized spacial score (nSPS) is 18.9. The molecule has 0 radical (unpaired) electrons. The molecule has 4 heteroatoms. The standard InChI is InChI=1S/C11H21N3O/c1-10(9-11(2)15)13-5-8-14-6-3-12-4-7-14/h9,12-13H,3-8H2,1-2H3/b10-9+. The first-order valence-electron chi connectivity index (χ1n) is 5.54. The summed E-state index contributed by atoms with van der Waals surface area (Å²) in [5, 5.41) is 6.56. The maximum Gasteiger partial charge on any atom is 0.154 e. The number of piperazine rings is 1. The van der Waals surface area contributed by atoms with E-state index >= 15 is 0 Å². The Kier molecular flexibility index (Phi) is 5.36. The third-order valence-electron chi connectivity index (χ3n) is 2.46. The number of rotatable bonds is 5. The fourth-order valence-electron chi connectivity index (χ4n) is 1.70. The van der Waals surface area contributed by atoms with Gasteiger partial charge in [-0.15, -0.1) is 0 Å². The van der Waals surface area contributed by atoms with Gasteiger partial charge in [0, 0.05) is 45.0 Å². The molecule has 0 spiro atoms. The minimum Gasteiger partial charge on any atom is -0.387 e. The van der Waals surface area contributed by atoms with E-state index in [1.165, 1.54) is 0 Å². The van der Waals surface area contributed by atoms with Crippen LogP contribution in [-0.2, 0) is 4.79 Å². The van der Waals surface area contributed by atoms with Gasteiger partial charge in [-0.25, -0.2) is 0 Å². The topological polar surface area (TPSA) is 44.4 Å². The minimum absolute atomic E-state index is 0.0992. The second-order valence-corrected chi connectivity index (χ2v) is 3.96. The molecule has 1 heterocycles. The minimum atomic E-state index is 0.0992. The van der Waals surface area contributed by atoms with Crippen LogP contribution < -0.4 is 10.6 Å². The predicted molar refractivity (Wildman–Crippen MR) is 61.8 cm³/mol. The SMILES string of the molecule is CC(=O)/C=C(\C)NCCN1CCNCC1. The third kappa shape index (κ3) is 5.54. The quantitative estimate of drug-likeness (QED) is 0.627.